The number of carbonyl (C=O) groups is 2. The van der Waals surface area contributed by atoms with Gasteiger partial charge in [-0.25, -0.2) is 0 Å². The molecule has 0 radical (unpaired) electrons. The molecule has 0 bridgehead atoms. The third-order valence-corrected chi connectivity index (χ3v) is 3.82. The number of hydrogen-bond donors (Lipinski definition) is 3. The highest BCUT2D eigenvalue weighted by atomic mass is 16.5. The lowest BCUT2D eigenvalue weighted by Crippen LogP contribution is -2.45. The first-order valence-electron chi connectivity index (χ1n) is 6.50. The molecule has 102 valence electrons. The number of aliphatic carboxylic acids is 1. The van der Waals surface area contributed by atoms with Crippen molar-refractivity contribution in [1.82, 2.24) is 5.32 Å². The molecule has 2 fully saturated rings. The summed E-state index contributed by atoms with van der Waals surface area (Å²) >= 11 is 0. The highest BCUT2D eigenvalue weighted by Gasteiger charge is 2.37. The number of carbonyl (C=O) groups excluding carboxylic acids is 1. The molecule has 0 aromatic rings. The van der Waals surface area contributed by atoms with Crippen LogP contribution in [-0.4, -0.2) is 41.8 Å². The van der Waals surface area contributed by atoms with E-state index < -0.39 is 18.0 Å². The number of rotatable bonds is 4. The third-order valence-electron chi connectivity index (χ3n) is 3.82. The summed E-state index contributed by atoms with van der Waals surface area (Å²) in [6.07, 6.45) is 3.17. The molecule has 4 unspecified atom stereocenters. The predicted octanol–water partition coefficient (Wildman–Crippen LogP) is -0.138. The summed E-state index contributed by atoms with van der Waals surface area (Å²) in [5.41, 5.74) is 5.49. The second kappa shape index (κ2) is 5.67. The maximum atomic E-state index is 12.0. The molecule has 6 nitrogen and oxygen atoms in total. The van der Waals surface area contributed by atoms with Gasteiger partial charge in [-0.15, -0.1) is 0 Å². The standard InChI is InChI=1S/C12H20N2O4/c13-6-7-4-5-10(18-7)11(15)14-9-3-1-2-8(9)12(16)17/h7-10H,1-6,13H2,(H,14,15)(H,16,17). The van der Waals surface area contributed by atoms with Crippen LogP contribution >= 0.6 is 0 Å². The highest BCUT2D eigenvalue weighted by Crippen LogP contribution is 2.27. The summed E-state index contributed by atoms with van der Waals surface area (Å²) in [7, 11) is 0. The van der Waals surface area contributed by atoms with Gasteiger partial charge in [-0.2, -0.15) is 0 Å². The van der Waals surface area contributed by atoms with Gasteiger partial charge in [0.2, 0.25) is 5.91 Å². The van der Waals surface area contributed by atoms with Crippen molar-refractivity contribution in [2.75, 3.05) is 6.54 Å². The van der Waals surface area contributed by atoms with Gasteiger partial charge in [0, 0.05) is 12.6 Å². The lowest BCUT2D eigenvalue weighted by molar-refractivity contribution is -0.143. The van der Waals surface area contributed by atoms with Crippen LogP contribution in [0, 0.1) is 5.92 Å². The highest BCUT2D eigenvalue weighted by molar-refractivity contribution is 5.82. The number of nitrogens with two attached hydrogens (primary N) is 1. The van der Waals surface area contributed by atoms with Crippen molar-refractivity contribution in [3.05, 3.63) is 0 Å². The Balaban J connectivity index is 1.86. The summed E-state index contributed by atoms with van der Waals surface area (Å²) in [6.45, 7) is 0.422. The molecular weight excluding hydrogens is 236 g/mol. The fourth-order valence-electron chi connectivity index (χ4n) is 2.78. The van der Waals surface area contributed by atoms with E-state index in [-0.39, 0.29) is 18.1 Å². The zero-order chi connectivity index (χ0) is 13.1. The van der Waals surface area contributed by atoms with E-state index in [1.54, 1.807) is 0 Å². The van der Waals surface area contributed by atoms with E-state index in [0.29, 0.717) is 19.4 Å². The van der Waals surface area contributed by atoms with Gasteiger partial charge in [-0.3, -0.25) is 9.59 Å². The lowest BCUT2D eigenvalue weighted by Gasteiger charge is -2.20. The largest absolute Gasteiger partial charge is 0.481 e. The van der Waals surface area contributed by atoms with Crippen LogP contribution in [0.25, 0.3) is 0 Å². The maximum absolute atomic E-state index is 12.0. The first-order chi connectivity index (χ1) is 8.61. The summed E-state index contributed by atoms with van der Waals surface area (Å²) < 4.78 is 5.49. The van der Waals surface area contributed by atoms with E-state index >= 15 is 0 Å². The fourth-order valence-corrected chi connectivity index (χ4v) is 2.78. The molecule has 2 rings (SSSR count). The van der Waals surface area contributed by atoms with Gasteiger partial charge in [0.05, 0.1) is 12.0 Å². The molecule has 18 heavy (non-hydrogen) atoms. The van der Waals surface area contributed by atoms with E-state index in [1.807, 2.05) is 0 Å². The van der Waals surface area contributed by atoms with Crippen LogP contribution in [0.1, 0.15) is 32.1 Å². The number of carboxylic acids is 1. The molecule has 1 heterocycles. The minimum atomic E-state index is -0.829. The fraction of sp³-hybridized carbons (Fsp3) is 0.833. The summed E-state index contributed by atoms with van der Waals surface area (Å²) in [6, 6.07) is -0.254. The van der Waals surface area contributed by atoms with Crippen LogP contribution in [0.4, 0.5) is 0 Å². The molecule has 4 atom stereocenters. The van der Waals surface area contributed by atoms with Crippen molar-refractivity contribution in [2.45, 2.75) is 50.4 Å². The van der Waals surface area contributed by atoms with Gasteiger partial charge in [0.1, 0.15) is 6.10 Å². The van der Waals surface area contributed by atoms with E-state index in [1.165, 1.54) is 0 Å². The van der Waals surface area contributed by atoms with Crippen LogP contribution < -0.4 is 11.1 Å². The van der Waals surface area contributed by atoms with E-state index in [9.17, 15) is 9.59 Å². The first-order valence-corrected chi connectivity index (χ1v) is 6.50. The van der Waals surface area contributed by atoms with Crippen molar-refractivity contribution in [3.8, 4) is 0 Å². The quantitative estimate of drug-likeness (QED) is 0.650. The van der Waals surface area contributed by atoms with Crippen LogP contribution in [-0.2, 0) is 14.3 Å². The molecule has 1 saturated heterocycles. The summed E-state index contributed by atoms with van der Waals surface area (Å²) in [5.74, 6) is -1.48. The zero-order valence-electron chi connectivity index (χ0n) is 10.3. The molecule has 1 aliphatic heterocycles. The predicted molar refractivity (Wildman–Crippen MR) is 63.9 cm³/mol. The molecular formula is C12H20N2O4. The topological polar surface area (TPSA) is 102 Å². The van der Waals surface area contributed by atoms with Crippen molar-refractivity contribution in [2.24, 2.45) is 11.7 Å². The molecule has 0 spiro atoms. The average Bonchev–Trinajstić information content (AvgIpc) is 2.96. The SMILES string of the molecule is NCC1CCC(C(=O)NC2CCCC2C(=O)O)O1. The third kappa shape index (κ3) is 2.81. The van der Waals surface area contributed by atoms with Gasteiger partial charge in [0.15, 0.2) is 0 Å². The number of carboxylic acid groups (broad SMARTS) is 1. The maximum Gasteiger partial charge on any atom is 0.308 e. The van der Waals surface area contributed by atoms with Crippen LogP contribution in [0.2, 0.25) is 0 Å². The van der Waals surface area contributed by atoms with Crippen LogP contribution in [0.5, 0.6) is 0 Å². The second-order valence-electron chi connectivity index (χ2n) is 5.05. The van der Waals surface area contributed by atoms with E-state index in [4.69, 9.17) is 15.6 Å². The van der Waals surface area contributed by atoms with Gasteiger partial charge in [0.25, 0.3) is 0 Å². The second-order valence-corrected chi connectivity index (χ2v) is 5.05. The molecule has 4 N–H and O–H groups in total. The van der Waals surface area contributed by atoms with Gasteiger partial charge < -0.3 is 20.9 Å². The normalized spacial score (nSPS) is 35.6. The molecule has 6 heteroatoms. The van der Waals surface area contributed by atoms with Crippen molar-refractivity contribution < 1.29 is 19.4 Å². The summed E-state index contributed by atoms with van der Waals surface area (Å²) in [4.78, 5) is 23.0. The van der Waals surface area contributed by atoms with E-state index in [0.717, 1.165) is 19.3 Å². The molecule has 1 saturated carbocycles. The Bertz CT molecular complexity index is 334. The van der Waals surface area contributed by atoms with Crippen molar-refractivity contribution >= 4 is 11.9 Å². The molecule has 0 aromatic heterocycles. The smallest absolute Gasteiger partial charge is 0.308 e. The summed E-state index contributed by atoms with van der Waals surface area (Å²) in [5, 5.41) is 11.9. The van der Waals surface area contributed by atoms with Crippen LogP contribution in [0.15, 0.2) is 0 Å². The Hall–Kier alpha value is -1.14. The van der Waals surface area contributed by atoms with Gasteiger partial charge in [-0.05, 0) is 25.7 Å². The first kappa shape index (κ1) is 13.3. The number of amides is 1. The van der Waals surface area contributed by atoms with Crippen LogP contribution in [0.3, 0.4) is 0 Å². The molecule has 0 aromatic carbocycles. The number of ether oxygens (including phenoxy) is 1. The van der Waals surface area contributed by atoms with Gasteiger partial charge in [-0.1, -0.05) is 6.42 Å². The molecule has 1 amide bonds. The van der Waals surface area contributed by atoms with Crippen molar-refractivity contribution in [3.63, 3.8) is 0 Å². The number of hydrogen-bond acceptors (Lipinski definition) is 4. The van der Waals surface area contributed by atoms with Gasteiger partial charge >= 0.3 is 5.97 Å². The average molecular weight is 256 g/mol. The Morgan fingerprint density at radius 3 is 2.67 bits per heavy atom. The van der Waals surface area contributed by atoms with Crippen molar-refractivity contribution in [1.29, 1.82) is 0 Å². The van der Waals surface area contributed by atoms with E-state index in [2.05, 4.69) is 5.32 Å². The minimum Gasteiger partial charge on any atom is -0.481 e. The number of nitrogens with one attached hydrogen (secondary N) is 1. The monoisotopic (exact) mass is 256 g/mol. The Morgan fingerprint density at radius 2 is 2.06 bits per heavy atom. The molecule has 1 aliphatic carbocycles. The Morgan fingerprint density at radius 1 is 1.28 bits per heavy atom. The minimum absolute atomic E-state index is 0.0420. The zero-order valence-corrected chi connectivity index (χ0v) is 10.3. The molecule has 2 aliphatic rings. The Labute approximate surface area is 106 Å². The lowest BCUT2D eigenvalue weighted by atomic mass is 10.0. The Kier molecular flexibility index (Phi) is 4.19.